The summed E-state index contributed by atoms with van der Waals surface area (Å²) in [6, 6.07) is -1.74. The van der Waals surface area contributed by atoms with Crippen LogP contribution in [0, 0.1) is 5.92 Å². The fraction of sp³-hybridized carbons (Fsp3) is 0.727. The molecule has 2 N–H and O–H groups in total. The van der Waals surface area contributed by atoms with E-state index in [0.717, 1.165) is 4.90 Å². The summed E-state index contributed by atoms with van der Waals surface area (Å²) >= 11 is 0. The number of rotatable bonds is 4. The molecule has 1 saturated heterocycles. The molecule has 6 nitrogen and oxygen atoms in total. The first-order chi connectivity index (χ1) is 7.74. The Morgan fingerprint density at radius 2 is 2.00 bits per heavy atom. The lowest BCUT2D eigenvalue weighted by Gasteiger charge is -2.26. The Bertz CT molecular complexity index is 366. The molecule has 0 radical (unpaired) electrons. The van der Waals surface area contributed by atoms with Crippen molar-refractivity contribution < 1.29 is 19.5 Å². The van der Waals surface area contributed by atoms with Gasteiger partial charge in [-0.3, -0.25) is 4.79 Å². The van der Waals surface area contributed by atoms with Crippen LogP contribution in [0.2, 0.25) is 0 Å². The zero-order chi connectivity index (χ0) is 13.4. The minimum Gasteiger partial charge on any atom is -0.480 e. The Morgan fingerprint density at radius 1 is 1.47 bits per heavy atom. The van der Waals surface area contributed by atoms with Crippen LogP contribution in [0.3, 0.4) is 0 Å². The number of carbonyl (C=O) groups is 3. The number of hydrogen-bond acceptors (Lipinski definition) is 3. The number of nitrogens with one attached hydrogen (secondary N) is 1. The van der Waals surface area contributed by atoms with Crippen LogP contribution in [0.25, 0.3) is 0 Å². The lowest BCUT2D eigenvalue weighted by Crippen LogP contribution is -2.50. The summed E-state index contributed by atoms with van der Waals surface area (Å²) in [5, 5.41) is 11.7. The van der Waals surface area contributed by atoms with Gasteiger partial charge in [0.1, 0.15) is 11.6 Å². The third-order valence-corrected chi connectivity index (χ3v) is 3.16. The quantitative estimate of drug-likeness (QED) is 0.714. The van der Waals surface area contributed by atoms with Crippen LogP contribution in [0.1, 0.15) is 34.1 Å². The van der Waals surface area contributed by atoms with Gasteiger partial charge in [0, 0.05) is 0 Å². The zero-order valence-corrected chi connectivity index (χ0v) is 10.5. The molecular weight excluding hydrogens is 224 g/mol. The number of aliphatic carboxylic acids is 1. The number of imide groups is 1. The van der Waals surface area contributed by atoms with Gasteiger partial charge in [-0.2, -0.15) is 0 Å². The molecule has 1 rings (SSSR count). The molecule has 0 saturated carbocycles. The second-order valence-corrected chi connectivity index (χ2v) is 4.82. The third kappa shape index (κ3) is 2.11. The molecule has 0 spiro atoms. The monoisotopic (exact) mass is 242 g/mol. The molecule has 0 bridgehead atoms. The summed E-state index contributed by atoms with van der Waals surface area (Å²) in [7, 11) is 0. The van der Waals surface area contributed by atoms with Gasteiger partial charge in [-0.25, -0.2) is 14.5 Å². The number of carboxylic acids is 1. The SMILES string of the molecule is CCC1(C)NC(=O)N(C(C(=O)O)C(C)C)C1=O. The molecule has 0 aromatic rings. The van der Waals surface area contributed by atoms with Crippen LogP contribution in [0.5, 0.6) is 0 Å². The number of nitrogens with zero attached hydrogens (tertiary/aromatic N) is 1. The van der Waals surface area contributed by atoms with Gasteiger partial charge >= 0.3 is 12.0 Å². The maximum atomic E-state index is 12.1. The fourth-order valence-electron chi connectivity index (χ4n) is 1.89. The molecular formula is C11H18N2O4. The van der Waals surface area contributed by atoms with E-state index in [1.807, 2.05) is 0 Å². The van der Waals surface area contributed by atoms with Crippen molar-refractivity contribution in [2.24, 2.45) is 5.92 Å². The summed E-state index contributed by atoms with van der Waals surface area (Å²) in [6.07, 6.45) is 0.429. The Hall–Kier alpha value is -1.59. The van der Waals surface area contributed by atoms with Crippen LogP contribution in [-0.4, -0.2) is 39.5 Å². The minimum absolute atomic E-state index is 0.332. The molecule has 3 amide bonds. The molecule has 0 aliphatic carbocycles. The molecule has 1 fully saturated rings. The predicted octanol–water partition coefficient (Wildman–Crippen LogP) is 0.816. The second kappa shape index (κ2) is 4.35. The molecule has 2 unspecified atom stereocenters. The summed E-state index contributed by atoms with van der Waals surface area (Å²) in [6.45, 7) is 6.71. The van der Waals surface area contributed by atoms with E-state index in [9.17, 15) is 14.4 Å². The normalized spacial score (nSPS) is 26.3. The second-order valence-electron chi connectivity index (χ2n) is 4.82. The van der Waals surface area contributed by atoms with Crippen LogP contribution >= 0.6 is 0 Å². The molecule has 0 aromatic heterocycles. The van der Waals surface area contributed by atoms with Gasteiger partial charge in [0.2, 0.25) is 0 Å². The lowest BCUT2D eigenvalue weighted by atomic mass is 9.97. The van der Waals surface area contributed by atoms with E-state index < -0.39 is 29.5 Å². The van der Waals surface area contributed by atoms with Gasteiger partial charge in [-0.15, -0.1) is 0 Å². The summed E-state index contributed by atoms with van der Waals surface area (Å²) in [5.41, 5.74) is -0.986. The highest BCUT2D eigenvalue weighted by atomic mass is 16.4. The van der Waals surface area contributed by atoms with Gasteiger partial charge < -0.3 is 10.4 Å². The number of urea groups is 1. The van der Waals surface area contributed by atoms with E-state index in [-0.39, 0.29) is 5.92 Å². The smallest absolute Gasteiger partial charge is 0.327 e. The van der Waals surface area contributed by atoms with Gasteiger partial charge in [0.05, 0.1) is 0 Å². The molecule has 1 aliphatic rings. The van der Waals surface area contributed by atoms with E-state index >= 15 is 0 Å². The Balaban J connectivity index is 3.10. The first kappa shape index (κ1) is 13.5. The Morgan fingerprint density at radius 3 is 2.29 bits per heavy atom. The Kier molecular flexibility index (Phi) is 3.45. The first-order valence-electron chi connectivity index (χ1n) is 5.63. The maximum absolute atomic E-state index is 12.1. The van der Waals surface area contributed by atoms with E-state index in [1.165, 1.54) is 0 Å². The summed E-state index contributed by atoms with van der Waals surface area (Å²) < 4.78 is 0. The third-order valence-electron chi connectivity index (χ3n) is 3.16. The average Bonchev–Trinajstić information content (AvgIpc) is 2.42. The first-order valence-corrected chi connectivity index (χ1v) is 5.63. The topological polar surface area (TPSA) is 86.7 Å². The van der Waals surface area contributed by atoms with Crippen molar-refractivity contribution in [3.63, 3.8) is 0 Å². The van der Waals surface area contributed by atoms with Crippen molar-refractivity contribution in [3.05, 3.63) is 0 Å². The largest absolute Gasteiger partial charge is 0.480 e. The van der Waals surface area contributed by atoms with Crippen LogP contribution in [0.4, 0.5) is 4.79 Å². The highest BCUT2D eigenvalue weighted by Crippen LogP contribution is 2.25. The van der Waals surface area contributed by atoms with Gasteiger partial charge in [0.25, 0.3) is 5.91 Å². The number of carboxylic acid groups (broad SMARTS) is 1. The van der Waals surface area contributed by atoms with E-state index in [1.54, 1.807) is 27.7 Å². The van der Waals surface area contributed by atoms with Crippen LogP contribution < -0.4 is 5.32 Å². The minimum atomic E-state index is -1.16. The Labute approximate surface area is 100.0 Å². The van der Waals surface area contributed by atoms with Crippen molar-refractivity contribution in [2.45, 2.75) is 45.7 Å². The molecule has 96 valence electrons. The van der Waals surface area contributed by atoms with E-state index in [0.29, 0.717) is 6.42 Å². The van der Waals surface area contributed by atoms with Gasteiger partial charge in [-0.1, -0.05) is 20.8 Å². The molecule has 6 heteroatoms. The molecule has 1 heterocycles. The van der Waals surface area contributed by atoms with E-state index in [2.05, 4.69) is 5.32 Å². The van der Waals surface area contributed by atoms with Crippen molar-refractivity contribution in [1.29, 1.82) is 0 Å². The summed E-state index contributed by atoms with van der Waals surface area (Å²) in [5.74, 6) is -1.96. The van der Waals surface area contributed by atoms with Crippen molar-refractivity contribution in [1.82, 2.24) is 10.2 Å². The van der Waals surface area contributed by atoms with Gasteiger partial charge in [-0.05, 0) is 19.3 Å². The van der Waals surface area contributed by atoms with E-state index in [4.69, 9.17) is 5.11 Å². The van der Waals surface area contributed by atoms with Crippen molar-refractivity contribution >= 4 is 17.9 Å². The molecule has 17 heavy (non-hydrogen) atoms. The highest BCUT2D eigenvalue weighted by molar-refractivity contribution is 6.09. The van der Waals surface area contributed by atoms with Crippen LogP contribution in [-0.2, 0) is 9.59 Å². The molecule has 1 aliphatic heterocycles. The van der Waals surface area contributed by atoms with Crippen molar-refractivity contribution in [2.75, 3.05) is 0 Å². The zero-order valence-electron chi connectivity index (χ0n) is 10.5. The number of carbonyl (C=O) groups excluding carboxylic acids is 2. The van der Waals surface area contributed by atoms with Crippen molar-refractivity contribution in [3.8, 4) is 0 Å². The van der Waals surface area contributed by atoms with Gasteiger partial charge in [0.15, 0.2) is 0 Å². The summed E-state index contributed by atoms with van der Waals surface area (Å²) in [4.78, 5) is 35.8. The van der Waals surface area contributed by atoms with Crippen LogP contribution in [0.15, 0.2) is 0 Å². The molecule has 0 aromatic carbocycles. The standard InChI is InChI=1S/C11H18N2O4/c1-5-11(4)9(16)13(10(17)12-11)7(6(2)3)8(14)15/h6-7H,5H2,1-4H3,(H,12,17)(H,14,15). The maximum Gasteiger partial charge on any atom is 0.327 e. The highest BCUT2D eigenvalue weighted by Gasteiger charge is 2.51. The molecule has 2 atom stereocenters. The number of hydrogen-bond donors (Lipinski definition) is 2. The average molecular weight is 242 g/mol. The predicted molar refractivity (Wildman–Crippen MR) is 60.3 cm³/mol. The number of amides is 3. The lowest BCUT2D eigenvalue weighted by molar-refractivity contribution is -0.149. The fourth-order valence-corrected chi connectivity index (χ4v) is 1.89.